The number of urea groups is 1. The largest absolute Gasteiger partial charge is 0.350 e. The van der Waals surface area contributed by atoms with Crippen LogP contribution in [0.25, 0.3) is 0 Å². The monoisotopic (exact) mass is 211 g/mol. The number of allylic oxidation sites excluding steroid dienone is 2. The molecule has 0 aromatic carbocycles. The van der Waals surface area contributed by atoms with Gasteiger partial charge in [-0.3, -0.25) is 10.4 Å². The van der Waals surface area contributed by atoms with Gasteiger partial charge in [-0.2, -0.15) is 0 Å². The summed E-state index contributed by atoms with van der Waals surface area (Å²) in [4.78, 5) is 15.1. The molecule has 15 heavy (non-hydrogen) atoms. The lowest BCUT2D eigenvalue weighted by Crippen LogP contribution is -2.46. The molecule has 0 saturated heterocycles. The Bertz CT molecular complexity index is 295. The third kappa shape index (κ3) is 4.39. The summed E-state index contributed by atoms with van der Waals surface area (Å²) in [6, 6.07) is -0.570. The Morgan fingerprint density at radius 2 is 2.20 bits per heavy atom. The van der Waals surface area contributed by atoms with Crippen molar-refractivity contribution >= 4 is 12.2 Å². The smallest absolute Gasteiger partial charge is 0.289 e. The van der Waals surface area contributed by atoms with Crippen LogP contribution in [0.3, 0.4) is 0 Å². The van der Waals surface area contributed by atoms with Gasteiger partial charge in [0.1, 0.15) is 0 Å². The molecule has 0 aliphatic heterocycles. The molecule has 0 saturated carbocycles. The maximum absolute atomic E-state index is 11.1. The number of nitrogens with zero attached hydrogens (tertiary/aromatic N) is 2. The standard InChI is InChI=1S/C9H17N5O/c1-4-5-12-6-7(2)8(3)14(11)9(15)13-10/h4-5H,1,6,10-11H2,2-3H3,(H,13,15)/b8-7+,12-5-. The lowest BCUT2D eigenvalue weighted by atomic mass is 10.2. The number of hydrogen-bond donors (Lipinski definition) is 3. The Hall–Kier alpha value is -1.66. The zero-order chi connectivity index (χ0) is 11.8. The van der Waals surface area contributed by atoms with Gasteiger partial charge in [-0.25, -0.2) is 21.5 Å². The van der Waals surface area contributed by atoms with Crippen LogP contribution in [0.15, 0.2) is 28.9 Å². The number of hydrazine groups is 2. The summed E-state index contributed by atoms with van der Waals surface area (Å²) in [5.74, 6) is 10.4. The Kier molecular flexibility index (Phi) is 6.00. The van der Waals surface area contributed by atoms with Crippen LogP contribution in [0.2, 0.25) is 0 Å². The molecule has 0 spiro atoms. The molecule has 0 atom stereocenters. The van der Waals surface area contributed by atoms with Gasteiger partial charge in [-0.1, -0.05) is 12.7 Å². The van der Waals surface area contributed by atoms with E-state index in [0.29, 0.717) is 12.2 Å². The third-order valence-electron chi connectivity index (χ3n) is 1.86. The first-order valence-corrected chi connectivity index (χ1v) is 4.37. The van der Waals surface area contributed by atoms with Crippen LogP contribution < -0.4 is 17.1 Å². The first-order chi connectivity index (χ1) is 7.04. The molecule has 6 heteroatoms. The normalized spacial score (nSPS) is 12.3. The minimum atomic E-state index is -0.570. The molecule has 84 valence electrons. The average molecular weight is 211 g/mol. The number of hydrogen-bond acceptors (Lipinski definition) is 4. The van der Waals surface area contributed by atoms with Gasteiger partial charge in [0.05, 0.1) is 6.54 Å². The van der Waals surface area contributed by atoms with Gasteiger partial charge in [-0.05, 0) is 19.4 Å². The number of rotatable bonds is 4. The minimum absolute atomic E-state index is 0.462. The highest BCUT2D eigenvalue weighted by Gasteiger charge is 2.10. The quantitative estimate of drug-likeness (QED) is 0.270. The number of carbonyl (C=O) groups is 1. The zero-order valence-electron chi connectivity index (χ0n) is 9.03. The Morgan fingerprint density at radius 3 is 2.67 bits per heavy atom. The van der Waals surface area contributed by atoms with Crippen molar-refractivity contribution in [3.05, 3.63) is 23.9 Å². The van der Waals surface area contributed by atoms with Gasteiger partial charge in [0.2, 0.25) is 0 Å². The molecule has 0 aromatic rings. The fraction of sp³-hybridized carbons (Fsp3) is 0.333. The molecule has 0 aromatic heterocycles. The molecule has 0 aliphatic carbocycles. The van der Waals surface area contributed by atoms with E-state index in [4.69, 9.17) is 11.7 Å². The van der Waals surface area contributed by atoms with Crippen LogP contribution >= 0.6 is 0 Å². The third-order valence-corrected chi connectivity index (χ3v) is 1.86. The van der Waals surface area contributed by atoms with Crippen molar-refractivity contribution in [2.45, 2.75) is 13.8 Å². The molecule has 0 rings (SSSR count). The lowest BCUT2D eigenvalue weighted by molar-refractivity contribution is 0.211. The molecule has 0 bridgehead atoms. The first-order valence-electron chi connectivity index (χ1n) is 4.37. The Morgan fingerprint density at radius 1 is 1.60 bits per heavy atom. The van der Waals surface area contributed by atoms with Gasteiger partial charge in [0, 0.05) is 11.9 Å². The molecular weight excluding hydrogens is 194 g/mol. The van der Waals surface area contributed by atoms with E-state index in [1.54, 1.807) is 19.2 Å². The van der Waals surface area contributed by atoms with Gasteiger partial charge >= 0.3 is 6.03 Å². The molecule has 5 N–H and O–H groups in total. The van der Waals surface area contributed by atoms with Crippen LogP contribution in [0.4, 0.5) is 4.79 Å². The fourth-order valence-electron chi connectivity index (χ4n) is 0.806. The number of amides is 2. The van der Waals surface area contributed by atoms with Crippen LogP contribution in [0, 0.1) is 0 Å². The van der Waals surface area contributed by atoms with Crippen molar-refractivity contribution < 1.29 is 4.79 Å². The van der Waals surface area contributed by atoms with Crippen molar-refractivity contribution in [2.75, 3.05) is 6.54 Å². The van der Waals surface area contributed by atoms with E-state index in [9.17, 15) is 4.79 Å². The van der Waals surface area contributed by atoms with E-state index in [1.165, 1.54) is 0 Å². The fourth-order valence-corrected chi connectivity index (χ4v) is 0.806. The molecule has 0 heterocycles. The number of nitrogens with two attached hydrogens (primary N) is 2. The first kappa shape index (κ1) is 13.3. The predicted octanol–water partition coefficient (Wildman–Crippen LogP) is 0.296. The second kappa shape index (κ2) is 6.74. The number of nitrogens with one attached hydrogen (secondary N) is 1. The van der Waals surface area contributed by atoms with Crippen molar-refractivity contribution in [1.29, 1.82) is 0 Å². The molecular formula is C9H17N5O. The van der Waals surface area contributed by atoms with E-state index in [1.807, 2.05) is 12.3 Å². The van der Waals surface area contributed by atoms with Crippen molar-refractivity contribution in [3.63, 3.8) is 0 Å². The van der Waals surface area contributed by atoms with Crippen LogP contribution in [-0.4, -0.2) is 23.8 Å². The summed E-state index contributed by atoms with van der Waals surface area (Å²) in [7, 11) is 0. The molecule has 2 amide bonds. The highest BCUT2D eigenvalue weighted by molar-refractivity contribution is 5.74. The van der Waals surface area contributed by atoms with Crippen LogP contribution in [-0.2, 0) is 0 Å². The van der Waals surface area contributed by atoms with Gasteiger partial charge in [0.25, 0.3) is 0 Å². The molecule has 0 aliphatic rings. The van der Waals surface area contributed by atoms with Crippen molar-refractivity contribution in [2.24, 2.45) is 16.7 Å². The SMILES string of the molecule is C=C/C=N\C/C(C)=C(\C)N(N)C(=O)NN. The van der Waals surface area contributed by atoms with E-state index >= 15 is 0 Å². The zero-order valence-corrected chi connectivity index (χ0v) is 9.03. The summed E-state index contributed by atoms with van der Waals surface area (Å²) >= 11 is 0. The highest BCUT2D eigenvalue weighted by atomic mass is 16.2. The lowest BCUT2D eigenvalue weighted by Gasteiger charge is -2.18. The topological polar surface area (TPSA) is 96.7 Å². The van der Waals surface area contributed by atoms with E-state index < -0.39 is 6.03 Å². The van der Waals surface area contributed by atoms with Gasteiger partial charge < -0.3 is 0 Å². The molecule has 0 fully saturated rings. The molecule has 6 nitrogen and oxygen atoms in total. The molecule has 0 radical (unpaired) electrons. The summed E-state index contributed by atoms with van der Waals surface area (Å²) < 4.78 is 0. The molecule has 0 unspecified atom stereocenters. The van der Waals surface area contributed by atoms with Crippen molar-refractivity contribution in [3.8, 4) is 0 Å². The van der Waals surface area contributed by atoms with Crippen LogP contribution in [0.1, 0.15) is 13.8 Å². The number of carbonyl (C=O) groups excluding carboxylic acids is 1. The Labute approximate surface area is 89.3 Å². The number of aliphatic imine (C=N–C) groups is 1. The van der Waals surface area contributed by atoms with Gasteiger partial charge in [-0.15, -0.1) is 0 Å². The van der Waals surface area contributed by atoms with Crippen molar-refractivity contribution in [1.82, 2.24) is 10.4 Å². The van der Waals surface area contributed by atoms with E-state index in [0.717, 1.165) is 10.6 Å². The summed E-state index contributed by atoms with van der Waals surface area (Å²) in [6.45, 7) is 7.51. The second-order valence-corrected chi connectivity index (χ2v) is 2.91. The van der Waals surface area contributed by atoms with E-state index in [2.05, 4.69) is 11.6 Å². The Balaban J connectivity index is 4.55. The maximum atomic E-state index is 11.1. The maximum Gasteiger partial charge on any atom is 0.350 e. The van der Waals surface area contributed by atoms with Crippen LogP contribution in [0.5, 0.6) is 0 Å². The van der Waals surface area contributed by atoms with Gasteiger partial charge in [0.15, 0.2) is 0 Å². The summed E-state index contributed by atoms with van der Waals surface area (Å²) in [5, 5.41) is 0.943. The highest BCUT2D eigenvalue weighted by Crippen LogP contribution is 2.06. The summed E-state index contributed by atoms with van der Waals surface area (Å²) in [5.41, 5.74) is 3.43. The predicted molar refractivity (Wildman–Crippen MR) is 60.7 cm³/mol. The summed E-state index contributed by atoms with van der Waals surface area (Å²) in [6.07, 6.45) is 3.16. The van der Waals surface area contributed by atoms with E-state index in [-0.39, 0.29) is 0 Å². The minimum Gasteiger partial charge on any atom is -0.289 e. The average Bonchev–Trinajstić information content (AvgIpc) is 2.26. The second-order valence-electron chi connectivity index (χ2n) is 2.91.